The van der Waals surface area contributed by atoms with Gasteiger partial charge >= 0.3 is 6.09 Å². The van der Waals surface area contributed by atoms with E-state index >= 15 is 0 Å². The smallest absolute Gasteiger partial charge is 0.407 e. The third-order valence-corrected chi connectivity index (χ3v) is 4.34. The molecule has 1 aromatic heterocycles. The van der Waals surface area contributed by atoms with Gasteiger partial charge in [0.1, 0.15) is 11.7 Å². The summed E-state index contributed by atoms with van der Waals surface area (Å²) in [4.78, 5) is 17.1. The molecule has 3 heterocycles. The first-order valence-electron chi connectivity index (χ1n) is 7.55. The average molecular weight is 306 g/mol. The van der Waals surface area contributed by atoms with Crippen molar-refractivity contribution in [3.05, 3.63) is 30.1 Å². The van der Waals surface area contributed by atoms with E-state index in [-0.39, 0.29) is 17.8 Å². The Morgan fingerprint density at radius 1 is 1.45 bits per heavy atom. The summed E-state index contributed by atoms with van der Waals surface area (Å²) in [5.74, 6) is 0. The predicted molar refractivity (Wildman–Crippen MR) is 79.3 cm³/mol. The van der Waals surface area contributed by atoms with Crippen LogP contribution in [0, 0.1) is 5.41 Å². The maximum Gasteiger partial charge on any atom is 0.407 e. The number of nitrogens with zero attached hydrogens (tertiary/aromatic N) is 2. The zero-order valence-electron chi connectivity index (χ0n) is 13.2. The number of pyridine rings is 1. The molecule has 3 rings (SSSR count). The summed E-state index contributed by atoms with van der Waals surface area (Å²) in [5.41, 5.74) is -0.0324. The van der Waals surface area contributed by atoms with Crippen molar-refractivity contribution in [1.29, 1.82) is 0 Å². The number of hydrogen-bond donors (Lipinski definition) is 1. The second kappa shape index (κ2) is 5.21. The predicted octanol–water partition coefficient (Wildman–Crippen LogP) is 2.45. The Labute approximate surface area is 130 Å². The first-order chi connectivity index (χ1) is 10.3. The molecule has 3 atom stereocenters. The van der Waals surface area contributed by atoms with Crippen LogP contribution in [0.15, 0.2) is 24.4 Å². The van der Waals surface area contributed by atoms with Gasteiger partial charge in [-0.15, -0.1) is 0 Å². The Kier molecular flexibility index (Phi) is 3.61. The summed E-state index contributed by atoms with van der Waals surface area (Å²) < 4.78 is 12.4. The van der Waals surface area contributed by atoms with Gasteiger partial charge in [0.15, 0.2) is 6.29 Å². The lowest BCUT2D eigenvalue weighted by Crippen LogP contribution is -2.53. The van der Waals surface area contributed by atoms with Crippen LogP contribution in [0.25, 0.3) is 0 Å². The highest BCUT2D eigenvalue weighted by atomic mass is 16.7. The molecule has 6 heteroatoms. The number of likely N-dealkylation sites (tertiary alicyclic amines) is 1. The Balaban J connectivity index is 1.96. The van der Waals surface area contributed by atoms with E-state index in [0.29, 0.717) is 19.5 Å². The third-order valence-electron chi connectivity index (χ3n) is 4.34. The van der Waals surface area contributed by atoms with Crippen LogP contribution in [-0.2, 0) is 15.1 Å². The van der Waals surface area contributed by atoms with E-state index in [9.17, 15) is 9.90 Å². The van der Waals surface area contributed by atoms with Crippen LogP contribution in [0.5, 0.6) is 0 Å². The molecule has 1 amide bonds. The molecule has 2 saturated heterocycles. The van der Waals surface area contributed by atoms with E-state index in [1.165, 1.54) is 4.90 Å². The van der Waals surface area contributed by atoms with Gasteiger partial charge < -0.3 is 19.5 Å². The minimum absolute atomic E-state index is 0.187. The van der Waals surface area contributed by atoms with E-state index in [0.717, 1.165) is 5.69 Å². The van der Waals surface area contributed by atoms with Crippen molar-refractivity contribution in [2.45, 2.75) is 45.2 Å². The summed E-state index contributed by atoms with van der Waals surface area (Å²) in [6.07, 6.45) is 0.647. The molecule has 1 N–H and O–H groups in total. The molecule has 2 aliphatic rings. The van der Waals surface area contributed by atoms with Crippen LogP contribution in [0.4, 0.5) is 4.79 Å². The third kappa shape index (κ3) is 2.46. The lowest BCUT2D eigenvalue weighted by molar-refractivity contribution is -0.151. The number of carbonyl (C=O) groups is 1. The molecule has 0 aliphatic carbocycles. The lowest BCUT2D eigenvalue weighted by atomic mass is 9.85. The summed E-state index contributed by atoms with van der Waals surface area (Å²) in [5, 5.41) is 9.25. The molecule has 1 aromatic rings. The molecule has 0 saturated carbocycles. The van der Waals surface area contributed by atoms with Crippen molar-refractivity contribution in [1.82, 2.24) is 9.88 Å². The number of amides is 1. The first-order valence-corrected chi connectivity index (χ1v) is 7.55. The molecule has 0 spiro atoms. The molecule has 0 aromatic carbocycles. The minimum atomic E-state index is -0.919. The number of fused-ring (bicyclic) bond motifs is 1. The highest BCUT2D eigenvalue weighted by molar-refractivity contribution is 5.65. The molecule has 2 fully saturated rings. The molecule has 2 aliphatic heterocycles. The summed E-state index contributed by atoms with van der Waals surface area (Å²) in [6.45, 7) is 6.88. The molecule has 0 bridgehead atoms. The van der Waals surface area contributed by atoms with Crippen molar-refractivity contribution < 1.29 is 19.4 Å². The Bertz CT molecular complexity index is 557. The van der Waals surface area contributed by atoms with E-state index in [1.54, 1.807) is 6.20 Å². The number of ether oxygens (including phenoxy) is 2. The van der Waals surface area contributed by atoms with Crippen LogP contribution < -0.4 is 0 Å². The fraction of sp³-hybridized carbons (Fsp3) is 0.625. The maximum atomic E-state index is 11.3. The number of piperidine rings is 1. The van der Waals surface area contributed by atoms with Crippen molar-refractivity contribution >= 4 is 6.09 Å². The zero-order chi connectivity index (χ0) is 16.0. The maximum absolute atomic E-state index is 11.3. The lowest BCUT2D eigenvalue weighted by Gasteiger charge is -2.40. The van der Waals surface area contributed by atoms with Gasteiger partial charge in [-0.3, -0.25) is 4.98 Å². The van der Waals surface area contributed by atoms with Gasteiger partial charge in [0.05, 0.1) is 12.2 Å². The van der Waals surface area contributed by atoms with Gasteiger partial charge in [-0.2, -0.15) is 0 Å². The van der Waals surface area contributed by atoms with Crippen molar-refractivity contribution in [3.8, 4) is 0 Å². The van der Waals surface area contributed by atoms with E-state index < -0.39 is 11.7 Å². The normalized spacial score (nSPS) is 31.9. The molecular weight excluding hydrogens is 284 g/mol. The Morgan fingerprint density at radius 2 is 2.23 bits per heavy atom. The van der Waals surface area contributed by atoms with Gasteiger partial charge in [-0.1, -0.05) is 26.8 Å². The monoisotopic (exact) mass is 306 g/mol. The standard InChI is InChI=1S/C16H22N2O4/c1-15(2,3)13-21-12-10-18(14(19)20)9-7-16(12,22-13)11-6-4-5-8-17-11/h4-6,8,12-13H,7,9-10H2,1-3H3,(H,19,20)/t12-,13?,16-/m1/s1. The average Bonchev–Trinajstić information content (AvgIpc) is 2.88. The van der Waals surface area contributed by atoms with Crippen LogP contribution >= 0.6 is 0 Å². The van der Waals surface area contributed by atoms with Gasteiger partial charge in [0.2, 0.25) is 0 Å². The van der Waals surface area contributed by atoms with Gasteiger partial charge in [0, 0.05) is 24.6 Å². The van der Waals surface area contributed by atoms with E-state index in [4.69, 9.17) is 9.47 Å². The molecule has 1 unspecified atom stereocenters. The second-order valence-corrected chi connectivity index (χ2v) is 7.02. The highest BCUT2D eigenvalue weighted by Crippen LogP contribution is 2.47. The SMILES string of the molecule is CC(C)(C)C1O[C@@H]2CN(C(=O)O)CC[C@]2(c2ccccn2)O1. The summed E-state index contributed by atoms with van der Waals surface area (Å²) in [6, 6.07) is 5.71. The van der Waals surface area contributed by atoms with Gasteiger partial charge in [-0.05, 0) is 12.1 Å². The highest BCUT2D eigenvalue weighted by Gasteiger charge is 2.57. The Hall–Kier alpha value is -1.66. The molecular formula is C16H22N2O4. The minimum Gasteiger partial charge on any atom is -0.465 e. The second-order valence-electron chi connectivity index (χ2n) is 7.02. The van der Waals surface area contributed by atoms with Crippen molar-refractivity contribution in [3.63, 3.8) is 0 Å². The largest absolute Gasteiger partial charge is 0.465 e. The fourth-order valence-corrected chi connectivity index (χ4v) is 3.08. The van der Waals surface area contributed by atoms with Crippen LogP contribution in [0.2, 0.25) is 0 Å². The van der Waals surface area contributed by atoms with Crippen LogP contribution in [0.1, 0.15) is 32.9 Å². The number of carboxylic acid groups (broad SMARTS) is 1. The quantitative estimate of drug-likeness (QED) is 0.863. The van der Waals surface area contributed by atoms with Crippen molar-refractivity contribution in [2.75, 3.05) is 13.1 Å². The van der Waals surface area contributed by atoms with E-state index in [2.05, 4.69) is 25.8 Å². The van der Waals surface area contributed by atoms with Gasteiger partial charge in [-0.25, -0.2) is 4.79 Å². The zero-order valence-corrected chi connectivity index (χ0v) is 13.2. The summed E-state index contributed by atoms with van der Waals surface area (Å²) >= 11 is 0. The molecule has 0 radical (unpaired) electrons. The summed E-state index contributed by atoms with van der Waals surface area (Å²) in [7, 11) is 0. The van der Waals surface area contributed by atoms with Crippen LogP contribution in [0.3, 0.4) is 0 Å². The van der Waals surface area contributed by atoms with Gasteiger partial charge in [0.25, 0.3) is 0 Å². The molecule has 6 nitrogen and oxygen atoms in total. The Morgan fingerprint density at radius 3 is 2.82 bits per heavy atom. The van der Waals surface area contributed by atoms with Crippen LogP contribution in [-0.4, -0.2) is 46.6 Å². The topological polar surface area (TPSA) is 71.9 Å². The van der Waals surface area contributed by atoms with E-state index in [1.807, 2.05) is 18.2 Å². The molecule has 120 valence electrons. The number of rotatable bonds is 1. The first kappa shape index (κ1) is 15.2. The number of aromatic nitrogens is 1. The van der Waals surface area contributed by atoms with Crippen molar-refractivity contribution in [2.24, 2.45) is 5.41 Å². The molecule has 22 heavy (non-hydrogen) atoms. The fourth-order valence-electron chi connectivity index (χ4n) is 3.08. The number of hydrogen-bond acceptors (Lipinski definition) is 4.